The van der Waals surface area contributed by atoms with Gasteiger partial charge in [0, 0.05) is 6.61 Å². The van der Waals surface area contributed by atoms with E-state index in [-0.39, 0.29) is 0 Å². The number of rotatable bonds is 8. The van der Waals surface area contributed by atoms with E-state index in [2.05, 4.69) is 38.2 Å². The van der Waals surface area contributed by atoms with Crippen molar-refractivity contribution < 1.29 is 4.74 Å². The first-order valence-corrected chi connectivity index (χ1v) is 10.2. The molecular formula is C22H38O. The van der Waals surface area contributed by atoms with Crippen LogP contribution in [0.1, 0.15) is 78.1 Å². The number of ether oxygens (including phenoxy) is 1. The average molecular weight is 319 g/mol. The SMILES string of the molecule is CC=CCOCC1CCC(C2CCC(C=CCCC)CC2)CC1. The van der Waals surface area contributed by atoms with Gasteiger partial charge in [0.05, 0.1) is 6.61 Å². The van der Waals surface area contributed by atoms with Crippen LogP contribution in [0.4, 0.5) is 0 Å². The molecule has 0 aromatic rings. The number of allylic oxidation sites excluding steroid dienone is 3. The third kappa shape index (κ3) is 6.83. The van der Waals surface area contributed by atoms with Crippen LogP contribution in [0.5, 0.6) is 0 Å². The maximum atomic E-state index is 5.76. The Labute approximate surface area is 144 Å². The first-order chi connectivity index (χ1) is 11.3. The van der Waals surface area contributed by atoms with E-state index in [0.29, 0.717) is 0 Å². The molecule has 0 heterocycles. The van der Waals surface area contributed by atoms with E-state index in [9.17, 15) is 0 Å². The molecule has 0 aromatic heterocycles. The maximum Gasteiger partial charge on any atom is 0.0647 e. The van der Waals surface area contributed by atoms with Crippen LogP contribution >= 0.6 is 0 Å². The minimum Gasteiger partial charge on any atom is -0.377 e. The van der Waals surface area contributed by atoms with Crippen LogP contribution in [-0.4, -0.2) is 13.2 Å². The summed E-state index contributed by atoms with van der Waals surface area (Å²) in [5.41, 5.74) is 0. The first-order valence-electron chi connectivity index (χ1n) is 10.2. The van der Waals surface area contributed by atoms with Gasteiger partial charge in [0.2, 0.25) is 0 Å². The van der Waals surface area contributed by atoms with E-state index in [1.807, 2.05) is 0 Å². The Morgan fingerprint density at radius 3 is 2.13 bits per heavy atom. The maximum absolute atomic E-state index is 5.76. The lowest BCUT2D eigenvalue weighted by Crippen LogP contribution is -2.26. The Kier molecular flexibility index (Phi) is 9.04. The van der Waals surface area contributed by atoms with Crippen molar-refractivity contribution in [2.24, 2.45) is 23.7 Å². The molecule has 1 heteroatoms. The summed E-state index contributed by atoms with van der Waals surface area (Å²) in [6.45, 7) is 6.10. The predicted molar refractivity (Wildman–Crippen MR) is 101 cm³/mol. The number of hydrogen-bond acceptors (Lipinski definition) is 1. The second-order valence-electron chi connectivity index (χ2n) is 7.78. The molecule has 132 valence electrons. The topological polar surface area (TPSA) is 9.23 Å². The molecule has 1 nitrogen and oxygen atoms in total. The fourth-order valence-corrected chi connectivity index (χ4v) is 4.49. The molecule has 2 fully saturated rings. The Morgan fingerprint density at radius 1 is 0.870 bits per heavy atom. The van der Waals surface area contributed by atoms with Crippen molar-refractivity contribution in [3.63, 3.8) is 0 Å². The van der Waals surface area contributed by atoms with E-state index >= 15 is 0 Å². The summed E-state index contributed by atoms with van der Waals surface area (Å²) in [5, 5.41) is 0. The van der Waals surface area contributed by atoms with Crippen LogP contribution in [0.2, 0.25) is 0 Å². The van der Waals surface area contributed by atoms with Gasteiger partial charge >= 0.3 is 0 Å². The van der Waals surface area contributed by atoms with E-state index in [0.717, 1.165) is 36.9 Å². The third-order valence-corrected chi connectivity index (χ3v) is 6.04. The molecule has 0 bridgehead atoms. The zero-order chi connectivity index (χ0) is 16.3. The fourth-order valence-electron chi connectivity index (χ4n) is 4.49. The average Bonchev–Trinajstić information content (AvgIpc) is 2.60. The fraction of sp³-hybridized carbons (Fsp3) is 0.818. The lowest BCUT2D eigenvalue weighted by Gasteiger charge is -2.37. The van der Waals surface area contributed by atoms with Gasteiger partial charge in [-0.3, -0.25) is 0 Å². The monoisotopic (exact) mass is 318 g/mol. The second kappa shape index (κ2) is 11.1. The highest BCUT2D eigenvalue weighted by atomic mass is 16.5. The van der Waals surface area contributed by atoms with Crippen LogP contribution in [0.25, 0.3) is 0 Å². The van der Waals surface area contributed by atoms with Crippen molar-refractivity contribution in [2.45, 2.75) is 78.1 Å². The van der Waals surface area contributed by atoms with Crippen LogP contribution in [-0.2, 0) is 4.74 Å². The van der Waals surface area contributed by atoms with Crippen molar-refractivity contribution in [2.75, 3.05) is 13.2 Å². The standard InChI is InChI=1S/C22H38O/c1-3-5-7-8-19-9-13-21(14-10-19)22-15-11-20(12-16-22)18-23-17-6-4-2/h4,6-8,19-22H,3,5,9-18H2,1-2H3. The molecule has 2 rings (SSSR count). The summed E-state index contributed by atoms with van der Waals surface area (Å²) < 4.78 is 5.76. The molecule has 2 aliphatic carbocycles. The lowest BCUT2D eigenvalue weighted by atomic mass is 9.69. The van der Waals surface area contributed by atoms with Crippen molar-refractivity contribution in [1.29, 1.82) is 0 Å². The molecule has 0 N–H and O–H groups in total. The molecule has 0 amide bonds. The summed E-state index contributed by atoms with van der Waals surface area (Å²) in [5.74, 6) is 3.75. The van der Waals surface area contributed by atoms with Crippen molar-refractivity contribution >= 4 is 0 Å². The summed E-state index contributed by atoms with van der Waals surface area (Å²) in [4.78, 5) is 0. The van der Waals surface area contributed by atoms with Gasteiger partial charge in [-0.25, -0.2) is 0 Å². The smallest absolute Gasteiger partial charge is 0.0647 e. The molecule has 0 spiro atoms. The molecule has 0 aliphatic heterocycles. The van der Waals surface area contributed by atoms with Crippen LogP contribution in [0, 0.1) is 23.7 Å². The normalized spacial score (nSPS) is 32.8. The van der Waals surface area contributed by atoms with Gasteiger partial charge < -0.3 is 4.74 Å². The van der Waals surface area contributed by atoms with Crippen LogP contribution < -0.4 is 0 Å². The predicted octanol–water partition coefficient (Wildman–Crippen LogP) is 6.55. The molecular weight excluding hydrogens is 280 g/mol. The van der Waals surface area contributed by atoms with Gasteiger partial charge in [0.25, 0.3) is 0 Å². The van der Waals surface area contributed by atoms with Crippen molar-refractivity contribution in [3.05, 3.63) is 24.3 Å². The quantitative estimate of drug-likeness (QED) is 0.364. The molecule has 0 aromatic carbocycles. The summed E-state index contributed by atoms with van der Waals surface area (Å²) in [6, 6.07) is 0. The van der Waals surface area contributed by atoms with Gasteiger partial charge in [-0.2, -0.15) is 0 Å². The number of hydrogen-bond donors (Lipinski definition) is 0. The molecule has 0 atom stereocenters. The van der Waals surface area contributed by atoms with Gasteiger partial charge in [-0.05, 0) is 88.4 Å². The highest BCUT2D eigenvalue weighted by Gasteiger charge is 2.30. The molecule has 0 radical (unpaired) electrons. The molecule has 0 unspecified atom stereocenters. The first kappa shape index (κ1) is 18.8. The minimum absolute atomic E-state index is 0.798. The molecule has 2 aliphatic rings. The third-order valence-electron chi connectivity index (χ3n) is 6.04. The van der Waals surface area contributed by atoms with E-state index in [1.54, 1.807) is 0 Å². The van der Waals surface area contributed by atoms with Gasteiger partial charge in [-0.1, -0.05) is 37.6 Å². The Hall–Kier alpha value is -0.560. The Bertz CT molecular complexity index is 341. The highest BCUT2D eigenvalue weighted by molar-refractivity contribution is 4.92. The number of unbranched alkanes of at least 4 members (excludes halogenated alkanes) is 1. The van der Waals surface area contributed by atoms with E-state index in [4.69, 9.17) is 4.74 Å². The Balaban J connectivity index is 1.61. The zero-order valence-corrected chi connectivity index (χ0v) is 15.5. The largest absolute Gasteiger partial charge is 0.377 e. The van der Waals surface area contributed by atoms with E-state index < -0.39 is 0 Å². The minimum atomic E-state index is 0.798. The van der Waals surface area contributed by atoms with Gasteiger partial charge in [0.1, 0.15) is 0 Å². The van der Waals surface area contributed by atoms with Crippen molar-refractivity contribution in [3.8, 4) is 0 Å². The zero-order valence-electron chi connectivity index (χ0n) is 15.5. The summed E-state index contributed by atoms with van der Waals surface area (Å²) in [7, 11) is 0. The van der Waals surface area contributed by atoms with Crippen molar-refractivity contribution in [1.82, 2.24) is 0 Å². The van der Waals surface area contributed by atoms with E-state index in [1.165, 1.54) is 64.2 Å². The summed E-state index contributed by atoms with van der Waals surface area (Å²) >= 11 is 0. The van der Waals surface area contributed by atoms with Crippen LogP contribution in [0.15, 0.2) is 24.3 Å². The van der Waals surface area contributed by atoms with Crippen LogP contribution in [0.3, 0.4) is 0 Å². The second-order valence-corrected chi connectivity index (χ2v) is 7.78. The molecule has 23 heavy (non-hydrogen) atoms. The highest BCUT2D eigenvalue weighted by Crippen LogP contribution is 2.41. The lowest BCUT2D eigenvalue weighted by molar-refractivity contribution is 0.0799. The molecule has 2 saturated carbocycles. The molecule has 0 saturated heterocycles. The Morgan fingerprint density at radius 2 is 1.52 bits per heavy atom. The van der Waals surface area contributed by atoms with Gasteiger partial charge in [-0.15, -0.1) is 0 Å². The summed E-state index contributed by atoms with van der Waals surface area (Å²) in [6.07, 6.45) is 23.2. The van der Waals surface area contributed by atoms with Gasteiger partial charge in [0.15, 0.2) is 0 Å².